The van der Waals surface area contributed by atoms with Gasteiger partial charge in [-0.25, -0.2) is 0 Å². The summed E-state index contributed by atoms with van der Waals surface area (Å²) in [6.07, 6.45) is 12.5. The molecule has 0 saturated carbocycles. The van der Waals surface area contributed by atoms with E-state index in [-0.39, 0.29) is 12.4 Å². The first-order chi connectivity index (χ1) is 10.8. The van der Waals surface area contributed by atoms with E-state index in [2.05, 4.69) is 12.2 Å². The molecule has 22 heavy (non-hydrogen) atoms. The Morgan fingerprint density at radius 1 is 1.05 bits per heavy atom. The van der Waals surface area contributed by atoms with Crippen molar-refractivity contribution in [2.45, 2.75) is 64.9 Å². The maximum absolute atomic E-state index is 11.7. The number of anilines is 1. The van der Waals surface area contributed by atoms with Crippen molar-refractivity contribution in [3.63, 3.8) is 0 Å². The number of carbonyl (C=O) groups is 1. The Morgan fingerprint density at radius 2 is 1.68 bits per heavy atom. The quantitative estimate of drug-likeness (QED) is 0.430. The number of aliphatic hydroxyl groups is 1. The SMILES string of the molecule is CCCCCCCCCC(=O)/C=C\Nc1ccc(CO)cc1. The molecule has 1 rings (SSSR count). The maximum atomic E-state index is 11.7. The number of ketones is 1. The van der Waals surface area contributed by atoms with E-state index in [4.69, 9.17) is 5.11 Å². The average molecular weight is 303 g/mol. The lowest BCUT2D eigenvalue weighted by molar-refractivity contribution is -0.114. The lowest BCUT2D eigenvalue weighted by atomic mass is 10.1. The van der Waals surface area contributed by atoms with Crippen LogP contribution in [0.5, 0.6) is 0 Å². The Balaban J connectivity index is 2.10. The molecule has 122 valence electrons. The topological polar surface area (TPSA) is 49.3 Å². The number of allylic oxidation sites excluding steroid dienone is 1. The van der Waals surface area contributed by atoms with Crippen LogP contribution in [0, 0.1) is 0 Å². The Hall–Kier alpha value is -1.61. The van der Waals surface area contributed by atoms with E-state index in [1.54, 1.807) is 12.3 Å². The summed E-state index contributed by atoms with van der Waals surface area (Å²) in [5, 5.41) is 12.0. The fourth-order valence-corrected chi connectivity index (χ4v) is 2.28. The first-order valence-electron chi connectivity index (χ1n) is 8.42. The fraction of sp³-hybridized carbons (Fsp3) is 0.526. The minimum atomic E-state index is 0.0487. The van der Waals surface area contributed by atoms with Gasteiger partial charge in [-0.1, -0.05) is 57.6 Å². The molecular weight excluding hydrogens is 274 g/mol. The van der Waals surface area contributed by atoms with Gasteiger partial charge in [0.05, 0.1) is 6.61 Å². The monoisotopic (exact) mass is 303 g/mol. The summed E-state index contributed by atoms with van der Waals surface area (Å²) in [7, 11) is 0. The van der Waals surface area contributed by atoms with Gasteiger partial charge in [0.25, 0.3) is 0 Å². The number of aliphatic hydroxyl groups excluding tert-OH is 1. The minimum absolute atomic E-state index is 0.0487. The second kappa shape index (κ2) is 12.0. The van der Waals surface area contributed by atoms with Crippen molar-refractivity contribution in [1.29, 1.82) is 0 Å². The Bertz CT molecular complexity index is 437. The highest BCUT2D eigenvalue weighted by molar-refractivity contribution is 5.89. The van der Waals surface area contributed by atoms with Gasteiger partial charge < -0.3 is 10.4 Å². The number of hydrogen-bond acceptors (Lipinski definition) is 3. The molecule has 0 aliphatic rings. The summed E-state index contributed by atoms with van der Waals surface area (Å²) in [6, 6.07) is 7.49. The molecule has 0 spiro atoms. The normalized spacial score (nSPS) is 11.0. The smallest absolute Gasteiger partial charge is 0.157 e. The van der Waals surface area contributed by atoms with Gasteiger partial charge in [0.2, 0.25) is 0 Å². The van der Waals surface area contributed by atoms with Crippen molar-refractivity contribution in [3.05, 3.63) is 42.1 Å². The van der Waals surface area contributed by atoms with Gasteiger partial charge in [-0.05, 0) is 30.2 Å². The molecule has 1 aromatic carbocycles. The minimum Gasteiger partial charge on any atom is -0.392 e. The molecule has 1 aromatic rings. The van der Waals surface area contributed by atoms with E-state index < -0.39 is 0 Å². The van der Waals surface area contributed by atoms with E-state index >= 15 is 0 Å². The molecule has 2 N–H and O–H groups in total. The van der Waals surface area contributed by atoms with Gasteiger partial charge in [0.1, 0.15) is 0 Å². The van der Waals surface area contributed by atoms with Crippen molar-refractivity contribution in [2.75, 3.05) is 5.32 Å². The summed E-state index contributed by atoms with van der Waals surface area (Å²) in [5.74, 6) is 0.174. The second-order valence-electron chi connectivity index (χ2n) is 5.67. The van der Waals surface area contributed by atoms with Crippen LogP contribution in [0.15, 0.2) is 36.5 Å². The van der Waals surface area contributed by atoms with Crippen LogP contribution < -0.4 is 5.32 Å². The third-order valence-electron chi connectivity index (χ3n) is 3.68. The van der Waals surface area contributed by atoms with Crippen molar-refractivity contribution in [2.24, 2.45) is 0 Å². The largest absolute Gasteiger partial charge is 0.392 e. The zero-order chi connectivity index (χ0) is 16.0. The average Bonchev–Trinajstić information content (AvgIpc) is 2.54. The van der Waals surface area contributed by atoms with Crippen LogP contribution in [0.25, 0.3) is 0 Å². The lowest BCUT2D eigenvalue weighted by Crippen LogP contribution is -1.95. The summed E-state index contributed by atoms with van der Waals surface area (Å²) in [4.78, 5) is 11.7. The Kier molecular flexibility index (Phi) is 10.0. The molecule has 0 heterocycles. The highest BCUT2D eigenvalue weighted by atomic mass is 16.3. The van der Waals surface area contributed by atoms with Gasteiger partial charge >= 0.3 is 0 Å². The molecule has 0 amide bonds. The van der Waals surface area contributed by atoms with E-state index in [0.717, 1.165) is 24.1 Å². The van der Waals surface area contributed by atoms with Crippen LogP contribution in [0.4, 0.5) is 5.69 Å². The molecular formula is C19H29NO2. The molecule has 0 bridgehead atoms. The number of carbonyl (C=O) groups excluding carboxylic acids is 1. The van der Waals surface area contributed by atoms with Crippen LogP contribution in [0.2, 0.25) is 0 Å². The molecule has 3 heteroatoms. The fourth-order valence-electron chi connectivity index (χ4n) is 2.28. The van der Waals surface area contributed by atoms with Crippen LogP contribution in [-0.4, -0.2) is 10.9 Å². The molecule has 0 unspecified atom stereocenters. The molecule has 3 nitrogen and oxygen atoms in total. The third-order valence-corrected chi connectivity index (χ3v) is 3.68. The molecule has 0 radical (unpaired) electrons. The van der Waals surface area contributed by atoms with E-state index in [1.165, 1.54) is 32.1 Å². The van der Waals surface area contributed by atoms with Gasteiger partial charge in [0.15, 0.2) is 5.78 Å². The second-order valence-corrected chi connectivity index (χ2v) is 5.67. The standard InChI is InChI=1S/C19H29NO2/c1-2-3-4-5-6-7-8-9-19(22)14-15-20-18-12-10-17(16-21)11-13-18/h10-15,20-21H,2-9,16H2,1H3/b15-14-. The first kappa shape index (κ1) is 18.4. The third kappa shape index (κ3) is 8.63. The predicted molar refractivity (Wildman–Crippen MR) is 92.7 cm³/mol. The van der Waals surface area contributed by atoms with E-state index in [9.17, 15) is 4.79 Å². The van der Waals surface area contributed by atoms with Crippen molar-refractivity contribution < 1.29 is 9.90 Å². The summed E-state index contributed by atoms with van der Waals surface area (Å²) < 4.78 is 0. The number of hydrogen-bond donors (Lipinski definition) is 2. The number of unbranched alkanes of at least 4 members (excludes halogenated alkanes) is 6. The van der Waals surface area contributed by atoms with Crippen molar-refractivity contribution in [1.82, 2.24) is 0 Å². The first-order valence-corrected chi connectivity index (χ1v) is 8.42. The van der Waals surface area contributed by atoms with Crippen molar-refractivity contribution in [3.8, 4) is 0 Å². The van der Waals surface area contributed by atoms with Crippen LogP contribution in [0.3, 0.4) is 0 Å². The van der Waals surface area contributed by atoms with E-state index in [1.807, 2.05) is 24.3 Å². The molecule has 0 fully saturated rings. The highest BCUT2D eigenvalue weighted by Crippen LogP contribution is 2.10. The Labute approximate surface area is 134 Å². The van der Waals surface area contributed by atoms with Crippen LogP contribution >= 0.6 is 0 Å². The molecule has 0 aromatic heterocycles. The van der Waals surface area contributed by atoms with Crippen LogP contribution in [0.1, 0.15) is 63.9 Å². The predicted octanol–water partition coefficient (Wildman–Crippen LogP) is 4.81. The van der Waals surface area contributed by atoms with Gasteiger partial charge in [0, 0.05) is 18.3 Å². The van der Waals surface area contributed by atoms with Gasteiger partial charge in [-0.2, -0.15) is 0 Å². The van der Waals surface area contributed by atoms with Gasteiger partial charge in [-0.15, -0.1) is 0 Å². The molecule has 0 aliphatic heterocycles. The molecule has 0 aliphatic carbocycles. The molecule has 0 saturated heterocycles. The van der Waals surface area contributed by atoms with Gasteiger partial charge in [-0.3, -0.25) is 4.79 Å². The molecule has 0 atom stereocenters. The summed E-state index contributed by atoms with van der Waals surface area (Å²) in [5.41, 5.74) is 1.79. The number of nitrogens with one attached hydrogen (secondary N) is 1. The van der Waals surface area contributed by atoms with Crippen molar-refractivity contribution >= 4 is 11.5 Å². The highest BCUT2D eigenvalue weighted by Gasteiger charge is 1.97. The Morgan fingerprint density at radius 3 is 2.32 bits per heavy atom. The van der Waals surface area contributed by atoms with Crippen LogP contribution in [-0.2, 0) is 11.4 Å². The maximum Gasteiger partial charge on any atom is 0.157 e. The zero-order valence-corrected chi connectivity index (χ0v) is 13.7. The number of benzene rings is 1. The summed E-state index contributed by atoms with van der Waals surface area (Å²) >= 11 is 0. The number of rotatable bonds is 12. The lowest BCUT2D eigenvalue weighted by Gasteiger charge is -2.02. The zero-order valence-electron chi connectivity index (χ0n) is 13.7. The van der Waals surface area contributed by atoms with E-state index in [0.29, 0.717) is 6.42 Å². The summed E-state index contributed by atoms with van der Waals surface area (Å²) in [6.45, 7) is 2.27.